The van der Waals surface area contributed by atoms with Crippen LogP contribution >= 0.6 is 23.2 Å². The summed E-state index contributed by atoms with van der Waals surface area (Å²) in [5.74, 6) is 0. The first-order valence-corrected chi connectivity index (χ1v) is 6.92. The first-order chi connectivity index (χ1) is 9.79. The molecule has 0 radical (unpaired) electrons. The minimum Gasteiger partial charge on any atom is -0.377 e. The molecule has 6 heteroatoms. The minimum absolute atomic E-state index is 0.344. The van der Waals surface area contributed by atoms with Crippen molar-refractivity contribution in [1.29, 1.82) is 0 Å². The lowest BCUT2D eigenvalue weighted by Crippen LogP contribution is -2.10. The Morgan fingerprint density at radius 3 is 2.38 bits per heavy atom. The van der Waals surface area contributed by atoms with E-state index in [4.69, 9.17) is 23.2 Å². The van der Waals surface area contributed by atoms with Gasteiger partial charge in [-0.3, -0.25) is 0 Å². The summed E-state index contributed by atoms with van der Waals surface area (Å²) < 4.78 is 38.1. The third-order valence-corrected chi connectivity index (χ3v) is 3.86. The van der Waals surface area contributed by atoms with Crippen molar-refractivity contribution in [3.05, 3.63) is 63.6 Å². The van der Waals surface area contributed by atoms with Gasteiger partial charge in [0, 0.05) is 6.04 Å². The number of benzene rings is 2. The number of nitrogens with one attached hydrogen (secondary N) is 1. The molecule has 21 heavy (non-hydrogen) atoms. The summed E-state index contributed by atoms with van der Waals surface area (Å²) in [4.78, 5) is 0. The van der Waals surface area contributed by atoms with E-state index in [2.05, 4.69) is 5.32 Å². The van der Waals surface area contributed by atoms with Crippen LogP contribution in [0.25, 0.3) is 0 Å². The molecule has 0 aliphatic carbocycles. The SMILES string of the molecule is CC(Nc1cccc(Cl)c1Cl)c1cccc(C(F)(F)F)c1. The van der Waals surface area contributed by atoms with Crippen LogP contribution in [0.2, 0.25) is 10.0 Å². The van der Waals surface area contributed by atoms with Gasteiger partial charge in [0.05, 0.1) is 21.3 Å². The Kier molecular flexibility index (Phi) is 4.69. The maximum Gasteiger partial charge on any atom is 0.416 e. The topological polar surface area (TPSA) is 12.0 Å². The number of rotatable bonds is 3. The van der Waals surface area contributed by atoms with Crippen molar-refractivity contribution >= 4 is 28.9 Å². The predicted molar refractivity (Wildman–Crippen MR) is 79.9 cm³/mol. The molecule has 0 aromatic heterocycles. The van der Waals surface area contributed by atoms with Crippen LogP contribution < -0.4 is 5.32 Å². The van der Waals surface area contributed by atoms with Gasteiger partial charge in [0.25, 0.3) is 0 Å². The van der Waals surface area contributed by atoms with Gasteiger partial charge in [-0.2, -0.15) is 13.2 Å². The van der Waals surface area contributed by atoms with E-state index in [9.17, 15) is 13.2 Å². The molecular weight excluding hydrogens is 322 g/mol. The first-order valence-electron chi connectivity index (χ1n) is 6.16. The van der Waals surface area contributed by atoms with Crippen LogP contribution in [0.3, 0.4) is 0 Å². The molecule has 0 saturated heterocycles. The summed E-state index contributed by atoms with van der Waals surface area (Å²) in [5, 5.41) is 3.79. The Balaban J connectivity index is 2.25. The second-order valence-electron chi connectivity index (χ2n) is 4.59. The summed E-state index contributed by atoms with van der Waals surface area (Å²) in [6.07, 6.45) is -4.36. The quantitative estimate of drug-likeness (QED) is 0.706. The van der Waals surface area contributed by atoms with Crippen molar-refractivity contribution in [1.82, 2.24) is 0 Å². The van der Waals surface area contributed by atoms with Gasteiger partial charge < -0.3 is 5.32 Å². The molecule has 0 aliphatic heterocycles. The predicted octanol–water partition coefficient (Wildman–Crippen LogP) is 6.19. The van der Waals surface area contributed by atoms with E-state index in [0.717, 1.165) is 12.1 Å². The maximum absolute atomic E-state index is 12.7. The molecule has 0 saturated carbocycles. The lowest BCUT2D eigenvalue weighted by molar-refractivity contribution is -0.137. The van der Waals surface area contributed by atoms with Crippen molar-refractivity contribution in [3.8, 4) is 0 Å². The molecule has 1 unspecified atom stereocenters. The molecule has 0 heterocycles. The number of hydrogen-bond acceptors (Lipinski definition) is 1. The van der Waals surface area contributed by atoms with Crippen molar-refractivity contribution in [2.45, 2.75) is 19.1 Å². The van der Waals surface area contributed by atoms with Gasteiger partial charge in [-0.15, -0.1) is 0 Å². The molecule has 1 atom stereocenters. The van der Waals surface area contributed by atoms with E-state index < -0.39 is 11.7 Å². The summed E-state index contributed by atoms with van der Waals surface area (Å²) in [5.41, 5.74) is 0.417. The number of anilines is 1. The molecule has 0 fully saturated rings. The van der Waals surface area contributed by atoms with Crippen molar-refractivity contribution < 1.29 is 13.2 Å². The lowest BCUT2D eigenvalue weighted by Gasteiger charge is -2.18. The Labute approximate surface area is 130 Å². The fraction of sp³-hybridized carbons (Fsp3) is 0.200. The highest BCUT2D eigenvalue weighted by atomic mass is 35.5. The van der Waals surface area contributed by atoms with Crippen LogP contribution in [-0.4, -0.2) is 0 Å². The zero-order valence-electron chi connectivity index (χ0n) is 11.0. The second kappa shape index (κ2) is 6.16. The fourth-order valence-electron chi connectivity index (χ4n) is 1.92. The average molecular weight is 334 g/mol. The third-order valence-electron chi connectivity index (χ3n) is 3.04. The van der Waals surface area contributed by atoms with Crippen LogP contribution in [0, 0.1) is 0 Å². The lowest BCUT2D eigenvalue weighted by atomic mass is 10.0. The van der Waals surface area contributed by atoms with Gasteiger partial charge in [0.2, 0.25) is 0 Å². The zero-order valence-corrected chi connectivity index (χ0v) is 12.5. The van der Waals surface area contributed by atoms with E-state index >= 15 is 0 Å². The minimum atomic E-state index is -4.36. The largest absolute Gasteiger partial charge is 0.416 e. The van der Waals surface area contributed by atoms with Gasteiger partial charge in [-0.25, -0.2) is 0 Å². The standard InChI is InChI=1S/C15H12Cl2F3N/c1-9(21-13-7-3-6-12(16)14(13)17)10-4-2-5-11(8-10)15(18,19)20/h2-9,21H,1H3. The van der Waals surface area contributed by atoms with Gasteiger partial charge in [-0.1, -0.05) is 41.4 Å². The van der Waals surface area contributed by atoms with E-state index in [1.165, 1.54) is 6.07 Å². The van der Waals surface area contributed by atoms with E-state index in [1.807, 2.05) is 0 Å². The first kappa shape index (κ1) is 16.0. The van der Waals surface area contributed by atoms with E-state index in [-0.39, 0.29) is 6.04 Å². The average Bonchev–Trinajstić information content (AvgIpc) is 2.43. The van der Waals surface area contributed by atoms with Gasteiger partial charge in [-0.05, 0) is 36.8 Å². The zero-order chi connectivity index (χ0) is 15.6. The Morgan fingerprint density at radius 1 is 1.05 bits per heavy atom. The van der Waals surface area contributed by atoms with Crippen molar-refractivity contribution in [2.24, 2.45) is 0 Å². The summed E-state index contributed by atoms with van der Waals surface area (Å²) in [6.45, 7) is 1.76. The molecule has 112 valence electrons. The van der Waals surface area contributed by atoms with Crippen LogP contribution in [0.1, 0.15) is 24.1 Å². The molecule has 0 amide bonds. The maximum atomic E-state index is 12.7. The molecule has 2 rings (SSSR count). The highest BCUT2D eigenvalue weighted by Gasteiger charge is 2.30. The van der Waals surface area contributed by atoms with Crippen LogP contribution in [-0.2, 0) is 6.18 Å². The summed E-state index contributed by atoms with van der Waals surface area (Å²) >= 11 is 12.0. The number of halogens is 5. The van der Waals surface area contributed by atoms with Gasteiger partial charge in [0.1, 0.15) is 0 Å². The number of alkyl halides is 3. The molecule has 1 nitrogen and oxygen atoms in total. The molecule has 0 spiro atoms. The summed E-state index contributed by atoms with van der Waals surface area (Å²) in [6, 6.07) is 9.92. The molecule has 2 aromatic rings. The summed E-state index contributed by atoms with van der Waals surface area (Å²) in [7, 11) is 0. The van der Waals surface area contributed by atoms with Gasteiger partial charge in [0.15, 0.2) is 0 Å². The Morgan fingerprint density at radius 2 is 1.71 bits per heavy atom. The molecule has 0 bridgehead atoms. The smallest absolute Gasteiger partial charge is 0.377 e. The molecule has 0 aliphatic rings. The van der Waals surface area contributed by atoms with Crippen molar-refractivity contribution in [2.75, 3.05) is 5.32 Å². The monoisotopic (exact) mass is 333 g/mol. The van der Waals surface area contributed by atoms with Gasteiger partial charge >= 0.3 is 6.18 Å². The van der Waals surface area contributed by atoms with Crippen molar-refractivity contribution in [3.63, 3.8) is 0 Å². The Bertz CT molecular complexity index is 641. The highest BCUT2D eigenvalue weighted by molar-refractivity contribution is 6.43. The number of hydrogen-bond donors (Lipinski definition) is 1. The third kappa shape index (κ3) is 3.83. The van der Waals surface area contributed by atoms with E-state index in [1.54, 1.807) is 31.2 Å². The fourth-order valence-corrected chi connectivity index (χ4v) is 2.27. The second-order valence-corrected chi connectivity index (χ2v) is 5.38. The Hall–Kier alpha value is -1.39. The van der Waals surface area contributed by atoms with Crippen LogP contribution in [0.5, 0.6) is 0 Å². The highest BCUT2D eigenvalue weighted by Crippen LogP contribution is 2.34. The molecule has 1 N–H and O–H groups in total. The van der Waals surface area contributed by atoms with E-state index in [0.29, 0.717) is 21.3 Å². The molecule has 2 aromatic carbocycles. The normalized spacial score (nSPS) is 13.0. The van der Waals surface area contributed by atoms with Crippen LogP contribution in [0.15, 0.2) is 42.5 Å². The molecular formula is C15H12Cl2F3N. The van der Waals surface area contributed by atoms with Crippen LogP contribution in [0.4, 0.5) is 18.9 Å².